The number of amides is 3. The van der Waals surface area contributed by atoms with Gasteiger partial charge in [-0.05, 0) is 92.2 Å². The number of rotatable bonds is 5. The minimum atomic E-state index is -1.01. The van der Waals surface area contributed by atoms with Gasteiger partial charge in [0.1, 0.15) is 12.1 Å². The molecule has 2 heterocycles. The topological polar surface area (TPSA) is 85.7 Å². The molecule has 2 aromatic carbocycles. The van der Waals surface area contributed by atoms with Gasteiger partial charge < -0.3 is 10.1 Å². The summed E-state index contributed by atoms with van der Waals surface area (Å²) in [6.45, 7) is 1.58. The maximum Gasteiger partial charge on any atom is 0.419 e. The Balaban J connectivity index is 1.07. The number of nitriles is 1. The first-order valence-electron chi connectivity index (χ1n) is 13.9. The van der Waals surface area contributed by atoms with Gasteiger partial charge in [-0.1, -0.05) is 18.2 Å². The molecule has 2 aromatic rings. The van der Waals surface area contributed by atoms with Crippen LogP contribution in [0.1, 0.15) is 73.6 Å². The molecular weight excluding hydrogens is 502 g/mol. The van der Waals surface area contributed by atoms with Gasteiger partial charge in [-0.2, -0.15) is 5.26 Å². The van der Waals surface area contributed by atoms with E-state index >= 15 is 0 Å². The first kappa shape index (κ1) is 25.8. The lowest BCUT2D eigenvalue weighted by Crippen LogP contribution is -2.48. The summed E-state index contributed by atoms with van der Waals surface area (Å²) in [5.74, 6) is -1.37. The number of cyclic esters (lactones) is 1. The Bertz CT molecular complexity index is 1280. The maximum absolute atomic E-state index is 14.1. The Hall–Kier alpha value is -3.51. The SMILES string of the molecule is N#Cc1ccc(C2CCC(N3CC[C@@H](NC(=O)N4C(=O)O[C@@H](C5CC5)[C@@H]4c4ccc(F)c(F)c4)C3)CC2)cc1. The van der Waals surface area contributed by atoms with Crippen molar-refractivity contribution in [2.24, 2.45) is 5.92 Å². The summed E-state index contributed by atoms with van der Waals surface area (Å²) < 4.78 is 33.2. The van der Waals surface area contributed by atoms with Gasteiger partial charge in [0.2, 0.25) is 0 Å². The lowest BCUT2D eigenvalue weighted by atomic mass is 9.81. The van der Waals surface area contributed by atoms with Gasteiger partial charge in [-0.25, -0.2) is 23.3 Å². The predicted octanol–water partition coefficient (Wildman–Crippen LogP) is 5.62. The number of carbonyl (C=O) groups excluding carboxylic acids is 2. The Morgan fingerprint density at radius 1 is 0.949 bits per heavy atom. The number of hydrogen-bond donors (Lipinski definition) is 1. The molecule has 3 amide bonds. The predicted molar refractivity (Wildman–Crippen MR) is 139 cm³/mol. The molecule has 7 nitrogen and oxygen atoms in total. The van der Waals surface area contributed by atoms with Crippen molar-refractivity contribution in [2.45, 2.75) is 75.1 Å². The molecule has 4 fully saturated rings. The van der Waals surface area contributed by atoms with Crippen LogP contribution >= 0.6 is 0 Å². The molecule has 2 aliphatic carbocycles. The van der Waals surface area contributed by atoms with Gasteiger partial charge in [0.25, 0.3) is 0 Å². The second kappa shape index (κ2) is 10.6. The number of nitrogens with zero attached hydrogens (tertiary/aromatic N) is 3. The molecule has 2 saturated carbocycles. The number of urea groups is 1. The normalized spacial score (nSPS) is 29.2. The highest BCUT2D eigenvalue weighted by atomic mass is 19.2. The summed E-state index contributed by atoms with van der Waals surface area (Å²) in [5, 5.41) is 12.1. The standard InChI is InChI=1S/C30H32F2N4O3/c31-25-12-9-22(15-26(25)32)27-28(21-5-6-21)39-30(38)36(27)29(37)34-23-13-14-35(17-23)24-10-7-20(8-11-24)19-3-1-18(16-33)2-4-19/h1-4,9,12,15,20-21,23-24,27-28H,5-8,10-11,13-14,17H2,(H,34,37)/t20?,23-,24?,27+,28+/m1/s1. The number of imide groups is 1. The fraction of sp³-hybridized carbons (Fsp3) is 0.500. The summed E-state index contributed by atoms with van der Waals surface area (Å²) in [6.07, 6.45) is 5.55. The van der Waals surface area contributed by atoms with E-state index in [1.165, 1.54) is 11.6 Å². The number of nitrogens with one attached hydrogen (secondary N) is 1. The molecular formula is C30H32F2N4O3. The van der Waals surface area contributed by atoms with E-state index in [0.29, 0.717) is 29.6 Å². The molecule has 2 aliphatic heterocycles. The Morgan fingerprint density at radius 2 is 1.67 bits per heavy atom. The van der Waals surface area contributed by atoms with E-state index in [9.17, 15) is 18.4 Å². The van der Waals surface area contributed by atoms with Crippen LogP contribution in [0.15, 0.2) is 42.5 Å². The number of hydrogen-bond acceptors (Lipinski definition) is 5. The highest BCUT2D eigenvalue weighted by Crippen LogP contribution is 2.46. The minimum absolute atomic E-state index is 0.105. The molecule has 39 heavy (non-hydrogen) atoms. The van der Waals surface area contributed by atoms with Crippen LogP contribution in [-0.2, 0) is 4.74 Å². The van der Waals surface area contributed by atoms with Crippen molar-refractivity contribution in [1.82, 2.24) is 15.1 Å². The highest BCUT2D eigenvalue weighted by Gasteiger charge is 2.52. The van der Waals surface area contributed by atoms with Gasteiger partial charge >= 0.3 is 12.1 Å². The van der Waals surface area contributed by atoms with E-state index in [4.69, 9.17) is 10.00 Å². The number of ether oxygens (including phenoxy) is 1. The van der Waals surface area contributed by atoms with Crippen molar-refractivity contribution >= 4 is 12.1 Å². The Labute approximate surface area is 226 Å². The molecule has 0 unspecified atom stereocenters. The molecule has 1 N–H and O–H groups in total. The van der Waals surface area contributed by atoms with Crippen molar-refractivity contribution in [3.63, 3.8) is 0 Å². The number of carbonyl (C=O) groups is 2. The van der Waals surface area contributed by atoms with Gasteiger partial charge in [0.15, 0.2) is 11.6 Å². The molecule has 0 bridgehead atoms. The third kappa shape index (κ3) is 5.22. The number of halogens is 2. The van der Waals surface area contributed by atoms with Gasteiger partial charge in [-0.3, -0.25) is 4.90 Å². The first-order chi connectivity index (χ1) is 18.9. The fourth-order valence-corrected chi connectivity index (χ4v) is 6.61. The summed E-state index contributed by atoms with van der Waals surface area (Å²) in [6, 6.07) is 12.6. The number of likely N-dealkylation sites (tertiary alicyclic amines) is 1. The summed E-state index contributed by atoms with van der Waals surface area (Å²) >= 11 is 0. The lowest BCUT2D eigenvalue weighted by Gasteiger charge is -2.35. The molecule has 9 heteroatoms. The second-order valence-electron chi connectivity index (χ2n) is 11.3. The van der Waals surface area contributed by atoms with Crippen LogP contribution in [0.5, 0.6) is 0 Å². The van der Waals surface area contributed by atoms with Gasteiger partial charge in [-0.15, -0.1) is 0 Å². The van der Waals surface area contributed by atoms with E-state index in [-0.39, 0.29) is 12.0 Å². The zero-order chi connectivity index (χ0) is 27.1. The molecule has 3 atom stereocenters. The van der Waals surface area contributed by atoms with Crippen molar-refractivity contribution < 1.29 is 23.1 Å². The van der Waals surface area contributed by atoms with E-state index < -0.39 is 35.9 Å². The molecule has 204 valence electrons. The molecule has 2 saturated heterocycles. The van der Waals surface area contributed by atoms with E-state index in [1.807, 2.05) is 12.1 Å². The van der Waals surface area contributed by atoms with Crippen LogP contribution in [0.2, 0.25) is 0 Å². The van der Waals surface area contributed by atoms with Crippen LogP contribution in [0, 0.1) is 28.9 Å². The quantitative estimate of drug-likeness (QED) is 0.538. The average Bonchev–Trinajstić information content (AvgIpc) is 3.59. The summed E-state index contributed by atoms with van der Waals surface area (Å²) in [5.41, 5.74) is 2.33. The van der Waals surface area contributed by atoms with E-state index in [0.717, 1.165) is 68.5 Å². The van der Waals surface area contributed by atoms with Gasteiger partial charge in [0, 0.05) is 25.2 Å². The monoisotopic (exact) mass is 534 g/mol. The minimum Gasteiger partial charge on any atom is -0.443 e. The smallest absolute Gasteiger partial charge is 0.419 e. The highest BCUT2D eigenvalue weighted by molar-refractivity contribution is 5.93. The zero-order valence-corrected chi connectivity index (χ0v) is 21.7. The zero-order valence-electron chi connectivity index (χ0n) is 21.7. The average molecular weight is 535 g/mol. The molecule has 4 aliphatic rings. The Kier molecular flexibility index (Phi) is 6.98. The molecule has 0 aromatic heterocycles. The van der Waals surface area contributed by atoms with Crippen molar-refractivity contribution in [3.8, 4) is 6.07 Å². The van der Waals surface area contributed by atoms with Crippen LogP contribution in [0.4, 0.5) is 18.4 Å². The van der Waals surface area contributed by atoms with Crippen molar-refractivity contribution in [3.05, 3.63) is 70.8 Å². The van der Waals surface area contributed by atoms with Crippen LogP contribution < -0.4 is 5.32 Å². The Morgan fingerprint density at radius 3 is 2.33 bits per heavy atom. The number of benzene rings is 2. The van der Waals surface area contributed by atoms with E-state index in [2.05, 4.69) is 28.4 Å². The summed E-state index contributed by atoms with van der Waals surface area (Å²) in [4.78, 5) is 29.7. The van der Waals surface area contributed by atoms with Crippen molar-refractivity contribution in [2.75, 3.05) is 13.1 Å². The van der Waals surface area contributed by atoms with Crippen molar-refractivity contribution in [1.29, 1.82) is 5.26 Å². The molecule has 6 rings (SSSR count). The van der Waals surface area contributed by atoms with Crippen LogP contribution in [-0.4, -0.2) is 53.2 Å². The van der Waals surface area contributed by atoms with Crippen LogP contribution in [0.3, 0.4) is 0 Å². The maximum atomic E-state index is 14.1. The third-order valence-electron chi connectivity index (χ3n) is 8.89. The van der Waals surface area contributed by atoms with E-state index in [1.54, 1.807) is 0 Å². The largest absolute Gasteiger partial charge is 0.443 e. The second-order valence-corrected chi connectivity index (χ2v) is 11.3. The lowest BCUT2D eigenvalue weighted by molar-refractivity contribution is 0.118. The third-order valence-corrected chi connectivity index (χ3v) is 8.89. The summed E-state index contributed by atoms with van der Waals surface area (Å²) in [7, 11) is 0. The molecule has 0 radical (unpaired) electrons. The van der Waals surface area contributed by atoms with Crippen LogP contribution in [0.25, 0.3) is 0 Å². The first-order valence-corrected chi connectivity index (χ1v) is 13.9. The molecule has 0 spiro atoms. The van der Waals surface area contributed by atoms with Gasteiger partial charge in [0.05, 0.1) is 11.6 Å². The fourth-order valence-electron chi connectivity index (χ4n) is 6.61.